The van der Waals surface area contributed by atoms with Crippen LogP contribution in [-0.4, -0.2) is 77.0 Å². The number of halogens is 1. The summed E-state index contributed by atoms with van der Waals surface area (Å²) in [6.45, 7) is 6.00. The van der Waals surface area contributed by atoms with E-state index in [0.29, 0.717) is 41.1 Å². The number of hydrogen-bond acceptors (Lipinski definition) is 6. The standard InChI is InChI=1S/C21H32BClN4O4/c1-3-15(13-26-20(28)16-10-17(23)18(24)11-19(16)30-2)31-9-6-25-12-14-4-7-27(8-5-14)21(22)29/h10-11,14-15,25H,3-9,12-13,24H2,1-2H3,(H,26,28)/t15-/m1/s1. The fraction of sp³-hybridized carbons (Fsp3) is 0.619. The lowest BCUT2D eigenvalue weighted by Gasteiger charge is -2.31. The number of rotatable bonds is 11. The molecule has 170 valence electrons. The summed E-state index contributed by atoms with van der Waals surface area (Å²) in [5.41, 5.74) is 6.45. The van der Waals surface area contributed by atoms with Crippen molar-refractivity contribution in [1.29, 1.82) is 0 Å². The summed E-state index contributed by atoms with van der Waals surface area (Å²) < 4.78 is 11.1. The summed E-state index contributed by atoms with van der Waals surface area (Å²) in [4.78, 5) is 25.4. The number of benzene rings is 1. The van der Waals surface area contributed by atoms with Gasteiger partial charge in [0.25, 0.3) is 5.91 Å². The molecular weight excluding hydrogens is 419 g/mol. The van der Waals surface area contributed by atoms with Crippen molar-refractivity contribution in [1.82, 2.24) is 15.5 Å². The Kier molecular flexibility index (Phi) is 10.4. The number of nitrogens with zero attached hydrogens (tertiary/aromatic N) is 1. The van der Waals surface area contributed by atoms with E-state index in [1.54, 1.807) is 4.90 Å². The number of nitrogens with two attached hydrogens (primary N) is 1. The van der Waals surface area contributed by atoms with Gasteiger partial charge in [0.05, 0.1) is 36.1 Å². The molecule has 10 heteroatoms. The summed E-state index contributed by atoms with van der Waals surface area (Å²) >= 11 is 6.04. The van der Waals surface area contributed by atoms with Gasteiger partial charge in [-0.25, -0.2) is 0 Å². The summed E-state index contributed by atoms with van der Waals surface area (Å²) in [5, 5.41) is 6.58. The monoisotopic (exact) mass is 450 g/mol. The van der Waals surface area contributed by atoms with Gasteiger partial charge in [-0.3, -0.25) is 9.59 Å². The predicted octanol–water partition coefficient (Wildman–Crippen LogP) is 2.05. The van der Waals surface area contributed by atoms with Crippen molar-refractivity contribution in [2.75, 3.05) is 52.2 Å². The molecule has 1 aliphatic heterocycles. The molecule has 8 nitrogen and oxygen atoms in total. The number of ether oxygens (including phenoxy) is 2. The third kappa shape index (κ3) is 7.90. The molecule has 1 fully saturated rings. The molecule has 2 rings (SSSR count). The van der Waals surface area contributed by atoms with Gasteiger partial charge in [-0.15, -0.1) is 0 Å². The van der Waals surface area contributed by atoms with Crippen LogP contribution in [-0.2, 0) is 4.74 Å². The number of piperidine rings is 1. The van der Waals surface area contributed by atoms with Crippen molar-refractivity contribution in [2.45, 2.75) is 32.3 Å². The zero-order valence-corrected chi connectivity index (χ0v) is 19.0. The number of hydrogen-bond donors (Lipinski definition) is 3. The second-order valence-electron chi connectivity index (χ2n) is 7.66. The second kappa shape index (κ2) is 12.8. The first kappa shape index (κ1) is 25.3. The Bertz CT molecular complexity index is 744. The lowest BCUT2D eigenvalue weighted by atomic mass is 9.95. The highest BCUT2D eigenvalue weighted by atomic mass is 35.5. The van der Waals surface area contributed by atoms with Crippen molar-refractivity contribution in [3.63, 3.8) is 0 Å². The molecule has 1 aromatic rings. The number of likely N-dealkylation sites (tertiary alicyclic amines) is 1. The summed E-state index contributed by atoms with van der Waals surface area (Å²) in [5.74, 6) is 0.287. The minimum absolute atomic E-state index is 0.0974. The average molecular weight is 451 g/mol. The number of amides is 2. The van der Waals surface area contributed by atoms with Gasteiger partial charge >= 0.3 is 0 Å². The van der Waals surface area contributed by atoms with Gasteiger partial charge in [0.1, 0.15) is 5.75 Å². The molecule has 0 aliphatic carbocycles. The third-order valence-electron chi connectivity index (χ3n) is 5.50. The highest BCUT2D eigenvalue weighted by molar-refractivity contribution is 6.56. The molecule has 2 radical (unpaired) electrons. The molecule has 31 heavy (non-hydrogen) atoms. The molecule has 2 amide bonds. The first-order chi connectivity index (χ1) is 14.8. The number of carbonyl (C=O) groups excluding carboxylic acids is 2. The second-order valence-corrected chi connectivity index (χ2v) is 8.07. The van der Waals surface area contributed by atoms with Crippen LogP contribution < -0.4 is 21.1 Å². The van der Waals surface area contributed by atoms with Gasteiger partial charge in [-0.1, -0.05) is 18.5 Å². The van der Waals surface area contributed by atoms with Crippen molar-refractivity contribution >= 4 is 36.8 Å². The van der Waals surface area contributed by atoms with Crippen molar-refractivity contribution < 1.29 is 19.1 Å². The Hall–Kier alpha value is -1.97. The summed E-state index contributed by atoms with van der Waals surface area (Å²) in [6.07, 6.45) is 2.59. The number of anilines is 1. The lowest BCUT2D eigenvalue weighted by molar-refractivity contribution is 0.0497. The summed E-state index contributed by atoms with van der Waals surface area (Å²) in [6, 6.07) is 3.04. The number of nitrogens with one attached hydrogen (secondary N) is 2. The van der Waals surface area contributed by atoms with Crippen molar-refractivity contribution in [3.8, 4) is 5.75 Å². The fourth-order valence-corrected chi connectivity index (χ4v) is 3.66. The zero-order chi connectivity index (χ0) is 22.8. The Morgan fingerprint density at radius 3 is 2.68 bits per heavy atom. The highest BCUT2D eigenvalue weighted by Crippen LogP contribution is 2.28. The van der Waals surface area contributed by atoms with E-state index in [1.807, 2.05) is 6.92 Å². The van der Waals surface area contributed by atoms with Crippen molar-refractivity contribution in [3.05, 3.63) is 22.7 Å². The minimum Gasteiger partial charge on any atom is -0.496 e. The average Bonchev–Trinajstić information content (AvgIpc) is 2.77. The SMILES string of the molecule is [B]C(=O)N1CCC(CNCCO[C@H](CC)CNC(=O)c2cc(Cl)c(N)cc2OC)CC1. The normalized spacial score (nSPS) is 15.5. The molecule has 1 saturated heterocycles. The molecular formula is C21H32BClN4O4. The molecule has 1 heterocycles. The van der Waals surface area contributed by atoms with Crippen LogP contribution in [0.3, 0.4) is 0 Å². The van der Waals surface area contributed by atoms with Gasteiger partial charge in [0.2, 0.25) is 7.85 Å². The van der Waals surface area contributed by atoms with Gasteiger partial charge in [-0.2, -0.15) is 0 Å². The molecule has 4 N–H and O–H groups in total. The van der Waals surface area contributed by atoms with Crippen LogP contribution in [0.1, 0.15) is 36.5 Å². The lowest BCUT2D eigenvalue weighted by Crippen LogP contribution is -2.40. The van der Waals surface area contributed by atoms with Gasteiger partial charge in [0.15, 0.2) is 5.81 Å². The van der Waals surface area contributed by atoms with Crippen LogP contribution in [0.4, 0.5) is 10.5 Å². The molecule has 0 unspecified atom stereocenters. The number of methoxy groups -OCH3 is 1. The van der Waals surface area contributed by atoms with Crippen LogP contribution in [0.15, 0.2) is 12.1 Å². The Balaban J connectivity index is 1.67. The molecule has 1 aromatic carbocycles. The van der Waals surface area contributed by atoms with E-state index >= 15 is 0 Å². The van der Waals surface area contributed by atoms with Crippen LogP contribution >= 0.6 is 11.6 Å². The molecule has 0 aromatic heterocycles. The predicted molar refractivity (Wildman–Crippen MR) is 123 cm³/mol. The molecule has 1 atom stereocenters. The Morgan fingerprint density at radius 2 is 2.06 bits per heavy atom. The maximum Gasteiger partial charge on any atom is 0.255 e. The zero-order valence-electron chi connectivity index (χ0n) is 18.3. The van der Waals surface area contributed by atoms with Crippen LogP contribution in [0.2, 0.25) is 5.02 Å². The Labute approximate surface area is 190 Å². The van der Waals surface area contributed by atoms with Gasteiger partial charge in [0, 0.05) is 32.2 Å². The molecule has 0 saturated carbocycles. The topological polar surface area (TPSA) is 106 Å². The van der Waals surface area contributed by atoms with Crippen molar-refractivity contribution in [2.24, 2.45) is 5.92 Å². The van der Waals surface area contributed by atoms with Crippen LogP contribution in [0.5, 0.6) is 5.75 Å². The molecule has 0 bridgehead atoms. The van der Waals surface area contributed by atoms with E-state index in [9.17, 15) is 9.59 Å². The van der Waals surface area contributed by atoms with Gasteiger partial charge in [-0.05, 0) is 37.8 Å². The largest absolute Gasteiger partial charge is 0.496 e. The molecule has 0 spiro atoms. The minimum atomic E-state index is -0.338. The number of nitrogen functional groups attached to an aromatic ring is 1. The van der Waals surface area contributed by atoms with E-state index < -0.39 is 0 Å². The maximum atomic E-state index is 12.5. The number of carbonyl (C=O) groups is 2. The van der Waals surface area contributed by atoms with E-state index in [-0.39, 0.29) is 17.8 Å². The highest BCUT2D eigenvalue weighted by Gasteiger charge is 2.20. The smallest absolute Gasteiger partial charge is 0.255 e. The Morgan fingerprint density at radius 1 is 1.35 bits per heavy atom. The third-order valence-corrected chi connectivity index (χ3v) is 5.83. The van der Waals surface area contributed by atoms with E-state index in [4.69, 9.17) is 34.7 Å². The first-order valence-electron chi connectivity index (χ1n) is 10.6. The van der Waals surface area contributed by atoms with E-state index in [0.717, 1.165) is 45.4 Å². The summed E-state index contributed by atoms with van der Waals surface area (Å²) in [7, 11) is 6.79. The van der Waals surface area contributed by atoms with Crippen LogP contribution in [0.25, 0.3) is 0 Å². The van der Waals surface area contributed by atoms with Crippen LogP contribution in [0, 0.1) is 5.92 Å². The van der Waals surface area contributed by atoms with E-state index in [2.05, 4.69) is 10.6 Å². The molecule has 1 aliphatic rings. The first-order valence-corrected chi connectivity index (χ1v) is 11.0. The van der Waals surface area contributed by atoms with Gasteiger partial charge < -0.3 is 30.7 Å². The maximum absolute atomic E-state index is 12.5. The quantitative estimate of drug-likeness (QED) is 0.271. The van der Waals surface area contributed by atoms with E-state index in [1.165, 1.54) is 19.2 Å². The fourth-order valence-electron chi connectivity index (χ4n) is 3.50.